The van der Waals surface area contributed by atoms with E-state index >= 15 is 0 Å². The Hall–Kier alpha value is -1.84. The molecule has 20 heavy (non-hydrogen) atoms. The Bertz CT molecular complexity index is 535. The second-order valence-corrected chi connectivity index (χ2v) is 5.68. The summed E-state index contributed by atoms with van der Waals surface area (Å²) in [6.07, 6.45) is 2.75. The molecule has 1 saturated heterocycles. The zero-order valence-corrected chi connectivity index (χ0v) is 11.8. The molecule has 2 aliphatic rings. The van der Waals surface area contributed by atoms with E-state index in [-0.39, 0.29) is 17.7 Å². The summed E-state index contributed by atoms with van der Waals surface area (Å²) in [6, 6.07) is 7.94. The van der Waals surface area contributed by atoms with E-state index in [0.717, 1.165) is 37.2 Å². The first-order valence-corrected chi connectivity index (χ1v) is 7.31. The van der Waals surface area contributed by atoms with Crippen molar-refractivity contribution in [1.29, 1.82) is 0 Å². The van der Waals surface area contributed by atoms with Crippen LogP contribution < -0.4 is 4.90 Å². The number of nitrogens with zero attached hydrogens (tertiary/aromatic N) is 2. The van der Waals surface area contributed by atoms with Gasteiger partial charge in [-0.1, -0.05) is 18.2 Å². The zero-order valence-electron chi connectivity index (χ0n) is 11.8. The topological polar surface area (TPSA) is 40.6 Å². The Balaban J connectivity index is 1.78. The minimum Gasteiger partial charge on any atom is -0.343 e. The molecule has 2 heterocycles. The van der Waals surface area contributed by atoms with Crippen LogP contribution in [0, 0.1) is 0 Å². The molecule has 106 valence electrons. The number of rotatable bonds is 2. The molecule has 0 bridgehead atoms. The lowest BCUT2D eigenvalue weighted by Crippen LogP contribution is -2.31. The summed E-state index contributed by atoms with van der Waals surface area (Å²) in [5.74, 6) is 0.421. The fourth-order valence-electron chi connectivity index (χ4n) is 3.27. The number of anilines is 1. The Morgan fingerprint density at radius 2 is 1.90 bits per heavy atom. The third-order valence-corrected chi connectivity index (χ3v) is 4.33. The van der Waals surface area contributed by atoms with Gasteiger partial charge in [-0.3, -0.25) is 9.59 Å². The number of carbonyl (C=O) groups excluding carboxylic acids is 2. The van der Waals surface area contributed by atoms with Crippen molar-refractivity contribution in [2.75, 3.05) is 24.5 Å². The molecule has 1 aromatic carbocycles. The van der Waals surface area contributed by atoms with Crippen LogP contribution in [0.25, 0.3) is 0 Å². The van der Waals surface area contributed by atoms with Crippen LogP contribution in [-0.4, -0.2) is 36.3 Å². The van der Waals surface area contributed by atoms with Crippen molar-refractivity contribution in [3.8, 4) is 0 Å². The van der Waals surface area contributed by atoms with Gasteiger partial charge in [0.05, 0.1) is 0 Å². The number of hydrogen-bond donors (Lipinski definition) is 0. The zero-order chi connectivity index (χ0) is 14.1. The van der Waals surface area contributed by atoms with E-state index in [9.17, 15) is 9.59 Å². The number of para-hydroxylation sites is 1. The summed E-state index contributed by atoms with van der Waals surface area (Å²) >= 11 is 0. The average Bonchev–Trinajstić information content (AvgIpc) is 3.07. The molecule has 2 aliphatic heterocycles. The second-order valence-electron chi connectivity index (χ2n) is 5.68. The molecule has 3 rings (SSSR count). The van der Waals surface area contributed by atoms with Gasteiger partial charge in [0.1, 0.15) is 0 Å². The van der Waals surface area contributed by atoms with E-state index < -0.39 is 0 Å². The molecule has 0 saturated carbocycles. The van der Waals surface area contributed by atoms with Crippen molar-refractivity contribution in [3.05, 3.63) is 29.8 Å². The van der Waals surface area contributed by atoms with Gasteiger partial charge >= 0.3 is 0 Å². The molecule has 4 nitrogen and oxygen atoms in total. The highest BCUT2D eigenvalue weighted by atomic mass is 16.2. The first kappa shape index (κ1) is 13.2. The molecular weight excluding hydrogens is 252 g/mol. The Morgan fingerprint density at radius 3 is 2.60 bits per heavy atom. The van der Waals surface area contributed by atoms with Crippen molar-refractivity contribution in [2.24, 2.45) is 0 Å². The van der Waals surface area contributed by atoms with E-state index in [1.807, 2.05) is 29.2 Å². The molecule has 0 N–H and O–H groups in total. The van der Waals surface area contributed by atoms with Crippen molar-refractivity contribution in [1.82, 2.24) is 4.90 Å². The Labute approximate surface area is 119 Å². The number of benzene rings is 1. The summed E-state index contributed by atoms with van der Waals surface area (Å²) in [5, 5.41) is 0. The second kappa shape index (κ2) is 5.27. The molecule has 0 radical (unpaired) electrons. The number of amides is 2. The van der Waals surface area contributed by atoms with Crippen LogP contribution in [0.5, 0.6) is 0 Å². The fraction of sp³-hybridized carbons (Fsp3) is 0.500. The van der Waals surface area contributed by atoms with Crippen LogP contribution in [0.1, 0.15) is 37.7 Å². The maximum absolute atomic E-state index is 12.3. The van der Waals surface area contributed by atoms with Crippen LogP contribution in [-0.2, 0) is 9.59 Å². The molecule has 1 aromatic rings. The lowest BCUT2D eigenvalue weighted by molar-refractivity contribution is -0.130. The van der Waals surface area contributed by atoms with Crippen LogP contribution in [0.15, 0.2) is 24.3 Å². The summed E-state index contributed by atoms with van der Waals surface area (Å²) in [6.45, 7) is 4.00. The quantitative estimate of drug-likeness (QED) is 0.827. The van der Waals surface area contributed by atoms with Crippen LogP contribution in [0.2, 0.25) is 0 Å². The van der Waals surface area contributed by atoms with Crippen molar-refractivity contribution < 1.29 is 9.59 Å². The van der Waals surface area contributed by atoms with Crippen LogP contribution in [0.3, 0.4) is 0 Å². The minimum absolute atomic E-state index is 0.0496. The molecule has 4 heteroatoms. The van der Waals surface area contributed by atoms with Crippen molar-refractivity contribution in [3.63, 3.8) is 0 Å². The van der Waals surface area contributed by atoms with E-state index in [1.54, 1.807) is 11.8 Å². The van der Waals surface area contributed by atoms with Gasteiger partial charge in [-0.15, -0.1) is 0 Å². The van der Waals surface area contributed by atoms with Crippen LogP contribution in [0.4, 0.5) is 5.69 Å². The largest absolute Gasteiger partial charge is 0.343 e. The van der Waals surface area contributed by atoms with Gasteiger partial charge in [-0.05, 0) is 24.5 Å². The molecular formula is C16H20N2O2. The number of hydrogen-bond acceptors (Lipinski definition) is 2. The smallest absolute Gasteiger partial charge is 0.223 e. The molecule has 0 aromatic heterocycles. The van der Waals surface area contributed by atoms with Gasteiger partial charge in [0, 0.05) is 44.6 Å². The number of carbonyl (C=O) groups is 2. The standard InChI is InChI=1S/C16H20N2O2/c1-12(19)18-11-13(14-6-2-3-7-15(14)18)10-16(20)17-8-4-5-9-17/h2-3,6-7,13H,4-5,8-11H2,1H3. The van der Waals surface area contributed by atoms with E-state index in [0.29, 0.717) is 13.0 Å². The first-order chi connectivity index (χ1) is 9.66. The number of likely N-dealkylation sites (tertiary alicyclic amines) is 1. The van der Waals surface area contributed by atoms with Crippen molar-refractivity contribution in [2.45, 2.75) is 32.1 Å². The van der Waals surface area contributed by atoms with Gasteiger partial charge in [0.25, 0.3) is 0 Å². The third kappa shape index (κ3) is 2.30. The van der Waals surface area contributed by atoms with Crippen LogP contribution >= 0.6 is 0 Å². The molecule has 1 unspecified atom stereocenters. The highest BCUT2D eigenvalue weighted by molar-refractivity contribution is 5.94. The molecule has 0 aliphatic carbocycles. The van der Waals surface area contributed by atoms with E-state index in [1.165, 1.54) is 0 Å². The van der Waals surface area contributed by atoms with Gasteiger partial charge in [0.15, 0.2) is 0 Å². The minimum atomic E-state index is 0.0496. The summed E-state index contributed by atoms with van der Waals surface area (Å²) < 4.78 is 0. The van der Waals surface area contributed by atoms with E-state index in [2.05, 4.69) is 0 Å². The predicted molar refractivity (Wildman–Crippen MR) is 77.6 cm³/mol. The van der Waals surface area contributed by atoms with Gasteiger partial charge < -0.3 is 9.80 Å². The number of fused-ring (bicyclic) bond motifs is 1. The average molecular weight is 272 g/mol. The maximum atomic E-state index is 12.3. The molecule has 1 fully saturated rings. The van der Waals surface area contributed by atoms with Gasteiger partial charge in [0.2, 0.25) is 11.8 Å². The normalized spacial score (nSPS) is 21.1. The fourth-order valence-corrected chi connectivity index (χ4v) is 3.27. The van der Waals surface area contributed by atoms with Gasteiger partial charge in [-0.2, -0.15) is 0 Å². The monoisotopic (exact) mass is 272 g/mol. The van der Waals surface area contributed by atoms with Gasteiger partial charge in [-0.25, -0.2) is 0 Å². The molecule has 1 atom stereocenters. The molecule has 2 amide bonds. The molecule has 0 spiro atoms. The maximum Gasteiger partial charge on any atom is 0.223 e. The SMILES string of the molecule is CC(=O)N1CC(CC(=O)N2CCCC2)c2ccccc21. The first-order valence-electron chi connectivity index (χ1n) is 7.31. The Morgan fingerprint density at radius 1 is 1.20 bits per heavy atom. The lowest BCUT2D eigenvalue weighted by Gasteiger charge is -2.19. The Kier molecular flexibility index (Phi) is 3.47. The predicted octanol–water partition coefficient (Wildman–Crippen LogP) is 2.15. The van der Waals surface area contributed by atoms with E-state index in [4.69, 9.17) is 0 Å². The highest BCUT2D eigenvalue weighted by Gasteiger charge is 2.33. The summed E-state index contributed by atoms with van der Waals surface area (Å²) in [7, 11) is 0. The highest BCUT2D eigenvalue weighted by Crippen LogP contribution is 2.38. The lowest BCUT2D eigenvalue weighted by atomic mass is 9.97. The van der Waals surface area contributed by atoms with Crippen molar-refractivity contribution >= 4 is 17.5 Å². The third-order valence-electron chi connectivity index (χ3n) is 4.33. The summed E-state index contributed by atoms with van der Waals surface area (Å²) in [5.41, 5.74) is 2.11. The summed E-state index contributed by atoms with van der Waals surface area (Å²) in [4.78, 5) is 27.8.